The van der Waals surface area contributed by atoms with Crippen LogP contribution in [0.3, 0.4) is 0 Å². The van der Waals surface area contributed by atoms with Gasteiger partial charge in [0.1, 0.15) is 5.75 Å². The highest BCUT2D eigenvalue weighted by molar-refractivity contribution is 5.98. The second kappa shape index (κ2) is 8.67. The number of para-hydroxylation sites is 1. The van der Waals surface area contributed by atoms with Crippen LogP contribution in [-0.4, -0.2) is 40.7 Å². The molecule has 1 N–H and O–H groups in total. The molecule has 1 aliphatic heterocycles. The van der Waals surface area contributed by atoms with Crippen molar-refractivity contribution in [1.29, 1.82) is 0 Å². The van der Waals surface area contributed by atoms with Gasteiger partial charge in [0.2, 0.25) is 0 Å². The number of aryl methyl sites for hydroxylation is 1. The lowest BCUT2D eigenvalue weighted by molar-refractivity contribution is 0.0522. The van der Waals surface area contributed by atoms with Crippen molar-refractivity contribution in [2.45, 2.75) is 26.8 Å². The van der Waals surface area contributed by atoms with Gasteiger partial charge >= 0.3 is 5.97 Å². The first-order chi connectivity index (χ1) is 14.6. The van der Waals surface area contributed by atoms with Gasteiger partial charge in [-0.25, -0.2) is 4.79 Å². The van der Waals surface area contributed by atoms with Gasteiger partial charge in [0.15, 0.2) is 0 Å². The van der Waals surface area contributed by atoms with E-state index in [1.165, 1.54) is 5.57 Å². The Hall–Kier alpha value is -3.18. The Balaban J connectivity index is 1.61. The van der Waals surface area contributed by atoms with E-state index in [1.807, 2.05) is 50.2 Å². The molecule has 30 heavy (non-hydrogen) atoms. The highest BCUT2D eigenvalue weighted by atomic mass is 16.5. The number of benzene rings is 2. The second-order valence-electron chi connectivity index (χ2n) is 7.56. The van der Waals surface area contributed by atoms with Crippen LogP contribution in [0, 0.1) is 6.92 Å². The van der Waals surface area contributed by atoms with Crippen LogP contribution < -0.4 is 0 Å². The van der Waals surface area contributed by atoms with E-state index in [0.29, 0.717) is 18.7 Å². The first kappa shape index (κ1) is 20.1. The van der Waals surface area contributed by atoms with Gasteiger partial charge in [-0.3, -0.25) is 9.88 Å². The number of aromatic nitrogens is 1. The number of hydrogen-bond acceptors (Lipinski definition) is 5. The summed E-state index contributed by atoms with van der Waals surface area (Å²) in [5.74, 6) is -0.0263. The molecule has 0 spiro atoms. The summed E-state index contributed by atoms with van der Waals surface area (Å²) in [6, 6.07) is 15.2. The molecule has 154 valence electrons. The molecular formula is C25H26N2O3. The summed E-state index contributed by atoms with van der Waals surface area (Å²) in [5, 5.41) is 10.5. The Kier molecular flexibility index (Phi) is 5.81. The van der Waals surface area contributed by atoms with Gasteiger partial charge in [-0.1, -0.05) is 36.4 Å². The molecule has 0 unspecified atom stereocenters. The number of carbonyl (C=O) groups is 1. The quantitative estimate of drug-likeness (QED) is 0.626. The van der Waals surface area contributed by atoms with Gasteiger partial charge < -0.3 is 9.84 Å². The van der Waals surface area contributed by atoms with Crippen LogP contribution in [0.1, 0.15) is 40.5 Å². The van der Waals surface area contributed by atoms with Crippen LogP contribution in [-0.2, 0) is 11.3 Å². The zero-order valence-corrected chi connectivity index (χ0v) is 17.4. The number of nitrogens with zero attached hydrogens (tertiary/aromatic N) is 2. The zero-order valence-electron chi connectivity index (χ0n) is 17.4. The fourth-order valence-electron chi connectivity index (χ4n) is 4.03. The minimum atomic E-state index is -0.305. The molecule has 2 aromatic carbocycles. The number of esters is 1. The van der Waals surface area contributed by atoms with Crippen LogP contribution in [0.5, 0.6) is 5.75 Å². The van der Waals surface area contributed by atoms with E-state index in [4.69, 9.17) is 9.72 Å². The lowest BCUT2D eigenvalue weighted by Gasteiger charge is -2.27. The molecule has 1 aliphatic rings. The Morgan fingerprint density at radius 2 is 1.93 bits per heavy atom. The zero-order chi connectivity index (χ0) is 21.1. The molecule has 5 nitrogen and oxygen atoms in total. The standard InChI is InChI=1S/C25H26N2O3/c1-3-30-25(29)24-17(2)21-6-4-5-7-22(21)26-23(24)16-27-14-12-19(13-15-27)18-8-10-20(28)11-9-18/h4-12,28H,3,13-16H2,1-2H3. The molecule has 0 atom stereocenters. The molecule has 0 aliphatic carbocycles. The van der Waals surface area contributed by atoms with Crippen LogP contribution in [0.25, 0.3) is 16.5 Å². The predicted molar refractivity (Wildman–Crippen MR) is 118 cm³/mol. The van der Waals surface area contributed by atoms with Crippen molar-refractivity contribution in [2.75, 3.05) is 19.7 Å². The first-order valence-corrected chi connectivity index (χ1v) is 10.3. The number of carbonyl (C=O) groups excluding carboxylic acids is 1. The minimum absolute atomic E-state index is 0.279. The Labute approximate surface area is 176 Å². The molecule has 1 aromatic heterocycles. The summed E-state index contributed by atoms with van der Waals surface area (Å²) in [7, 11) is 0. The Morgan fingerprint density at radius 1 is 1.17 bits per heavy atom. The van der Waals surface area contributed by atoms with Gasteiger partial charge in [-0.15, -0.1) is 0 Å². The third-order valence-electron chi connectivity index (χ3n) is 5.61. The summed E-state index contributed by atoms with van der Waals surface area (Å²) in [6.45, 7) is 6.39. The molecule has 0 radical (unpaired) electrons. The van der Waals surface area contributed by atoms with Gasteiger partial charge in [0.25, 0.3) is 0 Å². The van der Waals surface area contributed by atoms with E-state index in [2.05, 4.69) is 11.0 Å². The fraction of sp³-hybridized carbons (Fsp3) is 0.280. The number of rotatable bonds is 5. The monoisotopic (exact) mass is 402 g/mol. The summed E-state index contributed by atoms with van der Waals surface area (Å²) >= 11 is 0. The molecule has 5 heteroatoms. The number of ether oxygens (including phenoxy) is 1. The summed E-state index contributed by atoms with van der Waals surface area (Å²) in [6.07, 6.45) is 3.12. The molecular weight excluding hydrogens is 376 g/mol. The number of hydrogen-bond donors (Lipinski definition) is 1. The lowest BCUT2D eigenvalue weighted by atomic mass is 9.98. The Morgan fingerprint density at radius 3 is 2.63 bits per heavy atom. The first-order valence-electron chi connectivity index (χ1n) is 10.3. The van der Waals surface area contributed by atoms with Crippen molar-refractivity contribution in [3.63, 3.8) is 0 Å². The molecule has 0 saturated heterocycles. The van der Waals surface area contributed by atoms with Gasteiger partial charge in [-0.05, 0) is 55.2 Å². The fourth-order valence-corrected chi connectivity index (χ4v) is 4.03. The second-order valence-corrected chi connectivity index (χ2v) is 7.56. The average molecular weight is 402 g/mol. The van der Waals surface area contributed by atoms with Crippen molar-refractivity contribution in [2.24, 2.45) is 0 Å². The molecule has 4 rings (SSSR count). The number of aromatic hydroxyl groups is 1. The third-order valence-corrected chi connectivity index (χ3v) is 5.61. The highest BCUT2D eigenvalue weighted by Crippen LogP contribution is 2.27. The predicted octanol–water partition coefficient (Wildman–Crippen LogP) is 4.71. The van der Waals surface area contributed by atoms with Crippen LogP contribution in [0.4, 0.5) is 0 Å². The average Bonchev–Trinajstić information content (AvgIpc) is 2.75. The van der Waals surface area contributed by atoms with Gasteiger partial charge in [0, 0.05) is 25.0 Å². The maximum atomic E-state index is 12.7. The van der Waals surface area contributed by atoms with Crippen molar-refractivity contribution in [3.05, 3.63) is 77.0 Å². The molecule has 0 fully saturated rings. The van der Waals surface area contributed by atoms with E-state index in [-0.39, 0.29) is 11.7 Å². The van der Waals surface area contributed by atoms with Gasteiger partial charge in [-0.2, -0.15) is 0 Å². The van der Waals surface area contributed by atoms with Crippen molar-refractivity contribution in [3.8, 4) is 5.75 Å². The van der Waals surface area contributed by atoms with E-state index in [9.17, 15) is 9.90 Å². The lowest BCUT2D eigenvalue weighted by Crippen LogP contribution is -2.29. The largest absolute Gasteiger partial charge is 0.508 e. The molecule has 0 amide bonds. The van der Waals surface area contributed by atoms with Gasteiger partial charge in [0.05, 0.1) is 23.4 Å². The minimum Gasteiger partial charge on any atom is -0.508 e. The maximum absolute atomic E-state index is 12.7. The normalized spacial score (nSPS) is 14.5. The van der Waals surface area contributed by atoms with Crippen molar-refractivity contribution < 1.29 is 14.6 Å². The molecule has 0 bridgehead atoms. The smallest absolute Gasteiger partial charge is 0.340 e. The molecule has 3 aromatic rings. The topological polar surface area (TPSA) is 62.7 Å². The van der Waals surface area contributed by atoms with Crippen molar-refractivity contribution >= 4 is 22.4 Å². The SMILES string of the molecule is CCOC(=O)c1c(CN2CC=C(c3ccc(O)cc3)CC2)nc2ccccc2c1C. The summed E-state index contributed by atoms with van der Waals surface area (Å²) < 4.78 is 5.34. The van der Waals surface area contributed by atoms with E-state index in [1.54, 1.807) is 12.1 Å². The summed E-state index contributed by atoms with van der Waals surface area (Å²) in [5.41, 5.74) is 5.59. The van der Waals surface area contributed by atoms with E-state index >= 15 is 0 Å². The molecule has 2 heterocycles. The number of fused-ring (bicyclic) bond motifs is 1. The number of pyridine rings is 1. The summed E-state index contributed by atoms with van der Waals surface area (Å²) in [4.78, 5) is 19.8. The van der Waals surface area contributed by atoms with Crippen molar-refractivity contribution in [1.82, 2.24) is 9.88 Å². The number of phenols is 1. The highest BCUT2D eigenvalue weighted by Gasteiger charge is 2.22. The van der Waals surface area contributed by atoms with E-state index < -0.39 is 0 Å². The maximum Gasteiger partial charge on any atom is 0.340 e. The van der Waals surface area contributed by atoms with E-state index in [0.717, 1.165) is 47.2 Å². The van der Waals surface area contributed by atoms with Crippen LogP contribution in [0.2, 0.25) is 0 Å². The van der Waals surface area contributed by atoms with Crippen LogP contribution in [0.15, 0.2) is 54.6 Å². The van der Waals surface area contributed by atoms with Crippen LogP contribution >= 0.6 is 0 Å². The Bertz CT molecular complexity index is 1100. The number of phenolic OH excluding ortho intramolecular Hbond substituents is 1. The molecule has 0 saturated carbocycles. The third kappa shape index (κ3) is 4.07.